The fourth-order valence-corrected chi connectivity index (χ4v) is 2.18. The van der Waals surface area contributed by atoms with Gasteiger partial charge in [-0.25, -0.2) is 4.79 Å². The Morgan fingerprint density at radius 3 is 2.50 bits per heavy atom. The Bertz CT molecular complexity index is 682. The molecule has 0 aliphatic heterocycles. The first-order valence-corrected chi connectivity index (χ1v) is 6.84. The maximum atomic E-state index is 10.9. The molecule has 5 nitrogen and oxygen atoms in total. The van der Waals surface area contributed by atoms with Crippen LogP contribution in [0.2, 0.25) is 0 Å². The third-order valence-corrected chi connectivity index (χ3v) is 3.44. The van der Waals surface area contributed by atoms with Crippen LogP contribution in [0.3, 0.4) is 0 Å². The third kappa shape index (κ3) is 3.49. The van der Waals surface area contributed by atoms with Crippen molar-refractivity contribution in [2.24, 2.45) is 0 Å². The van der Waals surface area contributed by atoms with Crippen LogP contribution in [0.5, 0.6) is 11.5 Å². The summed E-state index contributed by atoms with van der Waals surface area (Å²) in [6, 6.07) is 10.6. The summed E-state index contributed by atoms with van der Waals surface area (Å²) in [4.78, 5) is 10.9. The Morgan fingerprint density at radius 1 is 1.14 bits per heavy atom. The van der Waals surface area contributed by atoms with E-state index in [0.717, 1.165) is 28.3 Å². The maximum absolute atomic E-state index is 10.9. The molecule has 0 bridgehead atoms. The summed E-state index contributed by atoms with van der Waals surface area (Å²) >= 11 is 0. The zero-order valence-corrected chi connectivity index (χ0v) is 12.8. The van der Waals surface area contributed by atoms with Gasteiger partial charge < -0.3 is 19.9 Å². The van der Waals surface area contributed by atoms with E-state index in [1.165, 1.54) is 0 Å². The number of aryl methyl sites for hydroxylation is 1. The van der Waals surface area contributed by atoms with Crippen molar-refractivity contribution < 1.29 is 19.4 Å². The monoisotopic (exact) mass is 301 g/mol. The Kier molecular flexibility index (Phi) is 4.88. The zero-order chi connectivity index (χ0) is 16.1. The number of anilines is 1. The number of carboxylic acids is 1. The van der Waals surface area contributed by atoms with Gasteiger partial charge >= 0.3 is 5.97 Å². The van der Waals surface area contributed by atoms with Gasteiger partial charge in [0, 0.05) is 23.9 Å². The second-order valence-electron chi connectivity index (χ2n) is 4.87. The average Bonchev–Trinajstić information content (AvgIpc) is 2.53. The molecule has 116 valence electrons. The van der Waals surface area contributed by atoms with Crippen molar-refractivity contribution in [1.82, 2.24) is 0 Å². The Labute approximate surface area is 129 Å². The lowest BCUT2D eigenvalue weighted by atomic mass is 10.1. The smallest absolute Gasteiger partial charge is 0.335 e. The van der Waals surface area contributed by atoms with Crippen molar-refractivity contribution in [2.45, 2.75) is 13.5 Å². The summed E-state index contributed by atoms with van der Waals surface area (Å²) in [5.74, 6) is 0.556. The van der Waals surface area contributed by atoms with E-state index in [4.69, 9.17) is 14.6 Å². The van der Waals surface area contributed by atoms with Crippen LogP contribution in [0.25, 0.3) is 0 Å². The molecule has 0 aliphatic carbocycles. The first-order valence-electron chi connectivity index (χ1n) is 6.84. The number of hydrogen-bond acceptors (Lipinski definition) is 4. The molecule has 0 unspecified atom stereocenters. The Balaban J connectivity index is 2.15. The van der Waals surface area contributed by atoms with Crippen LogP contribution in [-0.4, -0.2) is 25.3 Å². The molecule has 0 saturated carbocycles. The van der Waals surface area contributed by atoms with Crippen LogP contribution in [0.1, 0.15) is 21.5 Å². The molecular formula is C17H19NO4. The number of rotatable bonds is 6. The van der Waals surface area contributed by atoms with Crippen molar-refractivity contribution in [3.63, 3.8) is 0 Å². The first-order chi connectivity index (χ1) is 10.5. The molecule has 0 saturated heterocycles. The lowest BCUT2D eigenvalue weighted by Crippen LogP contribution is -2.04. The molecule has 0 spiro atoms. The minimum atomic E-state index is -0.925. The first kappa shape index (κ1) is 15.7. The third-order valence-electron chi connectivity index (χ3n) is 3.44. The predicted molar refractivity (Wildman–Crippen MR) is 85.0 cm³/mol. The molecule has 2 rings (SSSR count). The van der Waals surface area contributed by atoms with E-state index in [2.05, 4.69) is 5.32 Å². The normalized spacial score (nSPS) is 10.1. The molecule has 0 heterocycles. The van der Waals surface area contributed by atoms with Crippen LogP contribution >= 0.6 is 0 Å². The van der Waals surface area contributed by atoms with E-state index in [1.807, 2.05) is 25.1 Å². The molecule has 0 aliphatic rings. The van der Waals surface area contributed by atoms with Crippen LogP contribution in [0, 0.1) is 6.92 Å². The number of benzene rings is 2. The highest BCUT2D eigenvalue weighted by atomic mass is 16.5. The number of hydrogen-bond donors (Lipinski definition) is 2. The minimum Gasteiger partial charge on any atom is -0.497 e. The van der Waals surface area contributed by atoms with E-state index in [9.17, 15) is 4.79 Å². The van der Waals surface area contributed by atoms with E-state index < -0.39 is 5.97 Å². The van der Waals surface area contributed by atoms with Gasteiger partial charge in [-0.05, 0) is 42.8 Å². The van der Waals surface area contributed by atoms with Crippen molar-refractivity contribution in [3.8, 4) is 11.5 Å². The topological polar surface area (TPSA) is 67.8 Å². The summed E-state index contributed by atoms with van der Waals surface area (Å²) in [7, 11) is 3.23. The van der Waals surface area contributed by atoms with Crippen molar-refractivity contribution in [1.29, 1.82) is 0 Å². The number of nitrogens with one attached hydrogen (secondary N) is 1. The number of carboxylic acid groups (broad SMARTS) is 1. The van der Waals surface area contributed by atoms with Crippen molar-refractivity contribution in [3.05, 3.63) is 53.1 Å². The zero-order valence-electron chi connectivity index (χ0n) is 12.8. The molecular weight excluding hydrogens is 282 g/mol. The van der Waals surface area contributed by atoms with Crippen molar-refractivity contribution in [2.75, 3.05) is 19.5 Å². The molecule has 0 fully saturated rings. The SMILES string of the molecule is COc1ccc(CNc2ccc(C(=O)O)cc2C)c(OC)c1. The fraction of sp³-hybridized carbons (Fsp3) is 0.235. The second kappa shape index (κ2) is 6.85. The number of aromatic carboxylic acids is 1. The summed E-state index contributed by atoms with van der Waals surface area (Å²) < 4.78 is 10.5. The van der Waals surface area contributed by atoms with Gasteiger partial charge in [0.1, 0.15) is 11.5 Å². The van der Waals surface area contributed by atoms with Crippen LogP contribution in [0.15, 0.2) is 36.4 Å². The average molecular weight is 301 g/mol. The summed E-state index contributed by atoms with van der Waals surface area (Å²) in [5, 5.41) is 12.3. The van der Waals surface area contributed by atoms with Gasteiger partial charge in [-0.2, -0.15) is 0 Å². The highest BCUT2D eigenvalue weighted by molar-refractivity contribution is 5.88. The minimum absolute atomic E-state index is 0.282. The highest BCUT2D eigenvalue weighted by Crippen LogP contribution is 2.26. The molecule has 2 aromatic rings. The molecule has 2 N–H and O–H groups in total. The largest absolute Gasteiger partial charge is 0.497 e. The molecule has 0 aromatic heterocycles. The molecule has 0 atom stereocenters. The summed E-state index contributed by atoms with van der Waals surface area (Å²) in [6.07, 6.45) is 0. The standard InChI is InChI=1S/C17H19NO4/c1-11-8-12(17(19)20)5-7-15(11)18-10-13-4-6-14(21-2)9-16(13)22-3/h4-9,18H,10H2,1-3H3,(H,19,20). The Morgan fingerprint density at radius 2 is 1.91 bits per heavy atom. The van der Waals surface area contributed by atoms with E-state index in [0.29, 0.717) is 6.54 Å². The van der Waals surface area contributed by atoms with Crippen LogP contribution in [0.4, 0.5) is 5.69 Å². The molecule has 0 amide bonds. The van der Waals surface area contributed by atoms with E-state index in [1.54, 1.807) is 32.4 Å². The van der Waals surface area contributed by atoms with E-state index >= 15 is 0 Å². The summed E-state index contributed by atoms with van der Waals surface area (Å²) in [6.45, 7) is 2.44. The van der Waals surface area contributed by atoms with Crippen LogP contribution < -0.4 is 14.8 Å². The molecule has 5 heteroatoms. The van der Waals surface area contributed by atoms with Crippen molar-refractivity contribution >= 4 is 11.7 Å². The maximum Gasteiger partial charge on any atom is 0.335 e. The lowest BCUT2D eigenvalue weighted by Gasteiger charge is -2.13. The number of ether oxygens (including phenoxy) is 2. The number of methoxy groups -OCH3 is 2. The lowest BCUT2D eigenvalue weighted by molar-refractivity contribution is 0.0697. The van der Waals surface area contributed by atoms with Gasteiger partial charge in [0.25, 0.3) is 0 Å². The highest BCUT2D eigenvalue weighted by Gasteiger charge is 2.08. The molecule has 2 aromatic carbocycles. The van der Waals surface area contributed by atoms with Gasteiger partial charge in [0.05, 0.1) is 19.8 Å². The second-order valence-corrected chi connectivity index (χ2v) is 4.87. The Hall–Kier alpha value is -2.69. The summed E-state index contributed by atoms with van der Waals surface area (Å²) in [5.41, 5.74) is 3.05. The molecule has 0 radical (unpaired) electrons. The van der Waals surface area contributed by atoms with E-state index in [-0.39, 0.29) is 5.56 Å². The van der Waals surface area contributed by atoms with Gasteiger partial charge in [0.2, 0.25) is 0 Å². The van der Waals surface area contributed by atoms with Crippen LogP contribution in [-0.2, 0) is 6.54 Å². The van der Waals surface area contributed by atoms with Gasteiger partial charge in [-0.3, -0.25) is 0 Å². The molecule has 22 heavy (non-hydrogen) atoms. The predicted octanol–water partition coefficient (Wildman–Crippen LogP) is 3.32. The number of carbonyl (C=O) groups is 1. The quantitative estimate of drug-likeness (QED) is 0.856. The van der Waals surface area contributed by atoms with Gasteiger partial charge in [0.15, 0.2) is 0 Å². The fourth-order valence-electron chi connectivity index (χ4n) is 2.18. The van der Waals surface area contributed by atoms with Gasteiger partial charge in [-0.1, -0.05) is 0 Å². The van der Waals surface area contributed by atoms with Gasteiger partial charge in [-0.15, -0.1) is 0 Å².